The van der Waals surface area contributed by atoms with Gasteiger partial charge in [0.1, 0.15) is 12.1 Å². The van der Waals surface area contributed by atoms with Crippen LogP contribution in [-0.4, -0.2) is 35.3 Å². The lowest BCUT2D eigenvalue weighted by molar-refractivity contribution is -0.151. The summed E-state index contributed by atoms with van der Waals surface area (Å²) in [7, 11) is 0. The van der Waals surface area contributed by atoms with Gasteiger partial charge in [-0.2, -0.15) is 0 Å². The Morgan fingerprint density at radius 2 is 1.89 bits per heavy atom. The van der Waals surface area contributed by atoms with Gasteiger partial charge in [-0.25, -0.2) is 0 Å². The minimum absolute atomic E-state index is 0.0304. The molecule has 2 amide bonds. The van der Waals surface area contributed by atoms with Crippen LogP contribution in [0.5, 0.6) is 0 Å². The molecule has 1 heterocycles. The molecular formula is C15H28N2O2. The Balaban J connectivity index is 2.87. The highest BCUT2D eigenvalue weighted by atomic mass is 16.2. The molecule has 1 saturated heterocycles. The van der Waals surface area contributed by atoms with Crippen LogP contribution in [-0.2, 0) is 9.59 Å². The number of amides is 2. The Morgan fingerprint density at radius 3 is 2.42 bits per heavy atom. The molecule has 1 aliphatic heterocycles. The van der Waals surface area contributed by atoms with E-state index >= 15 is 0 Å². The molecule has 0 bridgehead atoms. The number of nitrogens with zero attached hydrogens (tertiary/aromatic N) is 1. The summed E-state index contributed by atoms with van der Waals surface area (Å²) < 4.78 is 0. The van der Waals surface area contributed by atoms with Gasteiger partial charge in [0.15, 0.2) is 0 Å². The highest BCUT2D eigenvalue weighted by Crippen LogP contribution is 2.20. The molecule has 1 N–H and O–H groups in total. The third-order valence-electron chi connectivity index (χ3n) is 4.05. The Bertz CT molecular complexity index is 317. The second kappa shape index (κ2) is 7.51. The minimum atomic E-state index is -0.331. The van der Waals surface area contributed by atoms with E-state index in [-0.39, 0.29) is 29.8 Å². The first-order valence-electron chi connectivity index (χ1n) is 7.67. The standard InChI is InChI=1S/C15H28N2O2/c1-5-8-10-17-12(9-6-2)14(18)16-13(15(17)19)11(4)7-3/h11-13H,5-10H2,1-4H3,(H,16,18). The fourth-order valence-electron chi connectivity index (χ4n) is 2.56. The van der Waals surface area contributed by atoms with E-state index in [1.807, 2.05) is 11.8 Å². The van der Waals surface area contributed by atoms with Gasteiger partial charge in [-0.05, 0) is 18.8 Å². The Morgan fingerprint density at radius 1 is 1.21 bits per heavy atom. The SMILES string of the molecule is CCCCN1C(=O)C(C(C)CC)NC(=O)C1CCC. The molecule has 0 aromatic heterocycles. The van der Waals surface area contributed by atoms with Crippen molar-refractivity contribution < 1.29 is 9.59 Å². The zero-order chi connectivity index (χ0) is 14.4. The smallest absolute Gasteiger partial charge is 0.246 e. The van der Waals surface area contributed by atoms with E-state index in [9.17, 15) is 9.59 Å². The molecule has 0 aromatic rings. The topological polar surface area (TPSA) is 49.4 Å². The molecule has 0 saturated carbocycles. The van der Waals surface area contributed by atoms with Gasteiger partial charge in [0.05, 0.1) is 0 Å². The van der Waals surface area contributed by atoms with Crippen LogP contribution in [0, 0.1) is 5.92 Å². The van der Waals surface area contributed by atoms with Crippen molar-refractivity contribution in [3.63, 3.8) is 0 Å². The summed E-state index contributed by atoms with van der Waals surface area (Å²) in [5, 5.41) is 2.93. The van der Waals surface area contributed by atoms with E-state index in [1.165, 1.54) is 0 Å². The molecule has 1 fully saturated rings. The number of rotatable bonds is 7. The third-order valence-corrected chi connectivity index (χ3v) is 4.05. The van der Waals surface area contributed by atoms with Crippen LogP contribution in [0.1, 0.15) is 59.8 Å². The predicted octanol–water partition coefficient (Wildman–Crippen LogP) is 2.33. The summed E-state index contributed by atoms with van der Waals surface area (Å²) >= 11 is 0. The van der Waals surface area contributed by atoms with Crippen molar-refractivity contribution in [1.82, 2.24) is 10.2 Å². The first-order valence-corrected chi connectivity index (χ1v) is 7.67. The van der Waals surface area contributed by atoms with Crippen LogP contribution in [0.25, 0.3) is 0 Å². The first kappa shape index (κ1) is 16.0. The monoisotopic (exact) mass is 268 g/mol. The molecule has 0 spiro atoms. The molecule has 0 radical (unpaired) electrons. The molecule has 1 aliphatic rings. The van der Waals surface area contributed by atoms with Crippen molar-refractivity contribution in [1.29, 1.82) is 0 Å². The second-order valence-corrected chi connectivity index (χ2v) is 5.56. The summed E-state index contributed by atoms with van der Waals surface area (Å²) in [5.41, 5.74) is 0. The summed E-state index contributed by atoms with van der Waals surface area (Å²) in [6.45, 7) is 8.95. The Kier molecular flexibility index (Phi) is 6.32. The molecular weight excluding hydrogens is 240 g/mol. The van der Waals surface area contributed by atoms with E-state index in [1.54, 1.807) is 0 Å². The van der Waals surface area contributed by atoms with E-state index in [4.69, 9.17) is 0 Å². The van der Waals surface area contributed by atoms with Crippen LogP contribution < -0.4 is 5.32 Å². The van der Waals surface area contributed by atoms with Gasteiger partial charge >= 0.3 is 0 Å². The van der Waals surface area contributed by atoms with Gasteiger partial charge in [0.25, 0.3) is 0 Å². The molecule has 3 atom stereocenters. The van der Waals surface area contributed by atoms with Crippen LogP contribution in [0.2, 0.25) is 0 Å². The van der Waals surface area contributed by atoms with Crippen molar-refractivity contribution in [3.05, 3.63) is 0 Å². The second-order valence-electron chi connectivity index (χ2n) is 5.56. The van der Waals surface area contributed by atoms with Gasteiger partial charge in [-0.3, -0.25) is 9.59 Å². The first-order chi connectivity index (χ1) is 9.06. The summed E-state index contributed by atoms with van der Waals surface area (Å²) in [6, 6.07) is -0.591. The van der Waals surface area contributed by atoms with Gasteiger partial charge in [0, 0.05) is 6.54 Å². The van der Waals surface area contributed by atoms with Crippen LogP contribution in [0.3, 0.4) is 0 Å². The largest absolute Gasteiger partial charge is 0.342 e. The van der Waals surface area contributed by atoms with Crippen molar-refractivity contribution >= 4 is 11.8 Å². The predicted molar refractivity (Wildman–Crippen MR) is 76.7 cm³/mol. The van der Waals surface area contributed by atoms with Crippen molar-refractivity contribution in [2.24, 2.45) is 5.92 Å². The normalized spacial score (nSPS) is 25.4. The van der Waals surface area contributed by atoms with Gasteiger partial charge < -0.3 is 10.2 Å². The molecule has 0 aromatic carbocycles. The molecule has 0 aliphatic carbocycles. The average Bonchev–Trinajstić information content (AvgIpc) is 2.41. The molecule has 3 unspecified atom stereocenters. The van der Waals surface area contributed by atoms with Gasteiger partial charge in [-0.15, -0.1) is 0 Å². The highest BCUT2D eigenvalue weighted by molar-refractivity contribution is 5.97. The maximum atomic E-state index is 12.6. The van der Waals surface area contributed by atoms with Crippen molar-refractivity contribution in [3.8, 4) is 0 Å². The average molecular weight is 268 g/mol. The van der Waals surface area contributed by atoms with E-state index in [0.29, 0.717) is 6.54 Å². The fourth-order valence-corrected chi connectivity index (χ4v) is 2.56. The lowest BCUT2D eigenvalue weighted by Crippen LogP contribution is -2.64. The molecule has 1 rings (SSSR count). The minimum Gasteiger partial charge on any atom is -0.342 e. The zero-order valence-corrected chi connectivity index (χ0v) is 12.7. The Hall–Kier alpha value is -1.06. The molecule has 4 heteroatoms. The molecule has 4 nitrogen and oxygen atoms in total. The summed E-state index contributed by atoms with van der Waals surface area (Å²) in [5.74, 6) is 0.340. The van der Waals surface area contributed by atoms with Crippen LogP contribution in [0.15, 0.2) is 0 Å². The molecule has 19 heavy (non-hydrogen) atoms. The van der Waals surface area contributed by atoms with Crippen molar-refractivity contribution in [2.75, 3.05) is 6.54 Å². The number of piperazine rings is 1. The number of hydrogen-bond donors (Lipinski definition) is 1. The number of unbranched alkanes of at least 4 members (excludes halogenated alkanes) is 1. The summed E-state index contributed by atoms with van der Waals surface area (Å²) in [4.78, 5) is 26.6. The Labute approximate surface area is 116 Å². The van der Waals surface area contributed by atoms with E-state index in [2.05, 4.69) is 26.1 Å². The zero-order valence-electron chi connectivity index (χ0n) is 12.7. The number of nitrogens with one attached hydrogen (secondary N) is 1. The fraction of sp³-hybridized carbons (Fsp3) is 0.867. The van der Waals surface area contributed by atoms with Crippen LogP contribution >= 0.6 is 0 Å². The maximum absolute atomic E-state index is 12.6. The number of carbonyl (C=O) groups excluding carboxylic acids is 2. The van der Waals surface area contributed by atoms with Gasteiger partial charge in [-0.1, -0.05) is 47.0 Å². The summed E-state index contributed by atoms with van der Waals surface area (Å²) in [6.07, 6.45) is 4.58. The van der Waals surface area contributed by atoms with E-state index < -0.39 is 0 Å². The number of hydrogen-bond acceptors (Lipinski definition) is 2. The van der Waals surface area contributed by atoms with Crippen LogP contribution in [0.4, 0.5) is 0 Å². The highest BCUT2D eigenvalue weighted by Gasteiger charge is 2.41. The maximum Gasteiger partial charge on any atom is 0.246 e. The van der Waals surface area contributed by atoms with Gasteiger partial charge in [0.2, 0.25) is 11.8 Å². The third kappa shape index (κ3) is 3.71. The quantitative estimate of drug-likeness (QED) is 0.770. The lowest BCUT2D eigenvalue weighted by atomic mass is 9.93. The molecule has 110 valence electrons. The number of carbonyl (C=O) groups is 2. The van der Waals surface area contributed by atoms with E-state index in [0.717, 1.165) is 32.1 Å². The lowest BCUT2D eigenvalue weighted by Gasteiger charge is -2.40. The van der Waals surface area contributed by atoms with Crippen molar-refractivity contribution in [2.45, 2.75) is 71.9 Å².